The van der Waals surface area contributed by atoms with Crippen LogP contribution in [0, 0.1) is 17.8 Å². The van der Waals surface area contributed by atoms with Gasteiger partial charge in [-0.2, -0.15) is 0 Å². The summed E-state index contributed by atoms with van der Waals surface area (Å²) in [7, 11) is 0. The van der Waals surface area contributed by atoms with Gasteiger partial charge in [0.2, 0.25) is 11.0 Å². The molecular weight excluding hydrogens is 306 g/mol. The molecule has 5 rings (SSSR count). The Bertz CT molecular complexity index is 524. The normalized spacial score (nSPS) is 36.9. The van der Waals surface area contributed by atoms with E-state index in [1.54, 1.807) is 11.3 Å². The Morgan fingerprint density at radius 1 is 1.19 bits per heavy atom. The van der Waals surface area contributed by atoms with Crippen LogP contribution < -0.4 is 5.32 Å². The van der Waals surface area contributed by atoms with Crippen molar-refractivity contribution < 1.29 is 4.79 Å². The second kappa shape index (κ2) is 5.20. The highest BCUT2D eigenvalue weighted by molar-refractivity contribution is 7.15. The van der Waals surface area contributed by atoms with Gasteiger partial charge in [0.25, 0.3) is 0 Å². The summed E-state index contributed by atoms with van der Waals surface area (Å²) >= 11 is 7.16. The van der Waals surface area contributed by atoms with Crippen LogP contribution >= 0.6 is 22.9 Å². The Morgan fingerprint density at radius 3 is 2.38 bits per heavy atom. The van der Waals surface area contributed by atoms with E-state index in [9.17, 15) is 4.79 Å². The molecule has 1 aromatic heterocycles. The van der Waals surface area contributed by atoms with Gasteiger partial charge < -0.3 is 5.32 Å². The monoisotopic (exact) mass is 325 g/mol. The van der Waals surface area contributed by atoms with E-state index in [4.69, 9.17) is 11.6 Å². The number of amides is 1. The van der Waals surface area contributed by atoms with Gasteiger partial charge in [-0.3, -0.25) is 4.79 Å². The first kappa shape index (κ1) is 13.9. The number of rotatable bonds is 4. The maximum absolute atomic E-state index is 11.6. The molecule has 21 heavy (non-hydrogen) atoms. The molecule has 4 bridgehead atoms. The summed E-state index contributed by atoms with van der Waals surface area (Å²) in [6, 6.07) is 0. The molecule has 1 aromatic rings. The summed E-state index contributed by atoms with van der Waals surface area (Å²) < 4.78 is 0. The summed E-state index contributed by atoms with van der Waals surface area (Å²) in [5.41, 5.74) is 0.266. The highest BCUT2D eigenvalue weighted by Gasteiger charge is 2.53. The first-order chi connectivity index (χ1) is 10.2. The number of aromatic nitrogens is 2. The van der Waals surface area contributed by atoms with Gasteiger partial charge in [-0.1, -0.05) is 11.3 Å². The molecule has 0 saturated heterocycles. The summed E-state index contributed by atoms with van der Waals surface area (Å²) in [5, 5.41) is 13.2. The molecule has 0 aromatic carbocycles. The van der Waals surface area contributed by atoms with Crippen LogP contribution in [0.3, 0.4) is 0 Å². The van der Waals surface area contributed by atoms with E-state index in [2.05, 4.69) is 15.5 Å². The summed E-state index contributed by atoms with van der Waals surface area (Å²) in [6.07, 6.45) is 8.45. The number of nitrogens with zero attached hydrogens (tertiary/aromatic N) is 2. The number of carbonyl (C=O) groups is 1. The van der Waals surface area contributed by atoms with E-state index in [0.29, 0.717) is 17.4 Å². The number of alkyl halides is 1. The third-order valence-electron chi connectivity index (χ3n) is 5.48. The minimum absolute atomic E-state index is 0.0711. The molecule has 4 aliphatic carbocycles. The van der Waals surface area contributed by atoms with E-state index in [1.807, 2.05) is 0 Å². The smallest absolute Gasteiger partial charge is 0.227 e. The van der Waals surface area contributed by atoms with Crippen LogP contribution in [0.4, 0.5) is 5.13 Å². The maximum atomic E-state index is 11.6. The third-order valence-corrected chi connectivity index (χ3v) is 6.76. The zero-order valence-corrected chi connectivity index (χ0v) is 13.6. The standard InChI is InChI=1S/C15H20ClN3OS/c16-2-1-12(20)17-14-19-18-13(21-14)15-6-9-3-10(7-15)5-11(4-9)8-15/h9-11H,1-8H2,(H,17,19,20). The molecule has 0 atom stereocenters. The lowest BCUT2D eigenvalue weighted by Gasteiger charge is -2.55. The van der Waals surface area contributed by atoms with Gasteiger partial charge in [0.05, 0.1) is 0 Å². The lowest BCUT2D eigenvalue weighted by Crippen LogP contribution is -2.48. The van der Waals surface area contributed by atoms with Gasteiger partial charge >= 0.3 is 0 Å². The second-order valence-corrected chi connectivity index (χ2v) is 8.45. The molecule has 0 radical (unpaired) electrons. The first-order valence-electron chi connectivity index (χ1n) is 7.87. The van der Waals surface area contributed by atoms with Gasteiger partial charge in [0.15, 0.2) is 0 Å². The molecule has 0 aliphatic heterocycles. The van der Waals surface area contributed by atoms with Gasteiger partial charge in [0.1, 0.15) is 5.01 Å². The number of nitrogens with one attached hydrogen (secondary N) is 1. The topological polar surface area (TPSA) is 54.9 Å². The largest absolute Gasteiger partial charge is 0.300 e. The molecule has 6 heteroatoms. The Morgan fingerprint density at radius 2 is 1.81 bits per heavy atom. The van der Waals surface area contributed by atoms with E-state index in [0.717, 1.165) is 22.8 Å². The fourth-order valence-corrected chi connectivity index (χ4v) is 6.28. The van der Waals surface area contributed by atoms with Gasteiger partial charge in [-0.15, -0.1) is 21.8 Å². The first-order valence-corrected chi connectivity index (χ1v) is 9.22. The van der Waals surface area contributed by atoms with Crippen LogP contribution in [0.15, 0.2) is 0 Å². The lowest BCUT2D eigenvalue weighted by atomic mass is 9.50. The highest BCUT2D eigenvalue weighted by atomic mass is 35.5. The molecule has 0 unspecified atom stereocenters. The van der Waals surface area contributed by atoms with Crippen LogP contribution in [0.1, 0.15) is 50.0 Å². The van der Waals surface area contributed by atoms with E-state index in [1.165, 1.54) is 38.5 Å². The summed E-state index contributed by atoms with van der Waals surface area (Å²) in [4.78, 5) is 11.6. The zero-order valence-electron chi connectivity index (χ0n) is 12.0. The van der Waals surface area contributed by atoms with Crippen molar-refractivity contribution in [3.8, 4) is 0 Å². The van der Waals surface area contributed by atoms with Crippen molar-refractivity contribution in [1.82, 2.24) is 10.2 Å². The van der Waals surface area contributed by atoms with Crippen LogP contribution in [0.25, 0.3) is 0 Å². The molecule has 0 spiro atoms. The molecule has 114 valence electrons. The van der Waals surface area contributed by atoms with E-state index < -0.39 is 0 Å². The number of anilines is 1. The van der Waals surface area contributed by atoms with Crippen molar-refractivity contribution in [1.29, 1.82) is 0 Å². The summed E-state index contributed by atoms with van der Waals surface area (Å²) in [5.74, 6) is 2.96. The summed E-state index contributed by atoms with van der Waals surface area (Å²) in [6.45, 7) is 0. The van der Waals surface area contributed by atoms with Crippen LogP contribution in [-0.4, -0.2) is 22.0 Å². The fraction of sp³-hybridized carbons (Fsp3) is 0.800. The third kappa shape index (κ3) is 2.48. The van der Waals surface area contributed by atoms with Crippen molar-refractivity contribution in [2.24, 2.45) is 17.8 Å². The Kier molecular flexibility index (Phi) is 3.45. The molecule has 1 N–H and O–H groups in total. The molecule has 4 aliphatic rings. The number of carbonyl (C=O) groups excluding carboxylic acids is 1. The van der Waals surface area contributed by atoms with Crippen LogP contribution in [0.2, 0.25) is 0 Å². The van der Waals surface area contributed by atoms with Crippen molar-refractivity contribution >= 4 is 34.0 Å². The van der Waals surface area contributed by atoms with Crippen molar-refractivity contribution in [3.05, 3.63) is 5.01 Å². The molecule has 1 heterocycles. The maximum Gasteiger partial charge on any atom is 0.227 e. The average Bonchev–Trinajstić information content (AvgIpc) is 2.86. The van der Waals surface area contributed by atoms with Gasteiger partial charge in [-0.25, -0.2) is 0 Å². The predicted molar refractivity (Wildman–Crippen MR) is 83.7 cm³/mol. The molecule has 4 saturated carbocycles. The zero-order chi connectivity index (χ0) is 14.4. The van der Waals surface area contributed by atoms with E-state index >= 15 is 0 Å². The van der Waals surface area contributed by atoms with Crippen molar-refractivity contribution in [2.45, 2.75) is 50.4 Å². The molecular formula is C15H20ClN3OS. The average molecular weight is 326 g/mol. The van der Waals surface area contributed by atoms with Gasteiger partial charge in [0, 0.05) is 17.7 Å². The Labute approximate surface area is 133 Å². The minimum Gasteiger partial charge on any atom is -0.300 e. The SMILES string of the molecule is O=C(CCCl)Nc1nnc(C23CC4CC(CC(C4)C2)C3)s1. The van der Waals surface area contributed by atoms with Gasteiger partial charge in [-0.05, 0) is 56.3 Å². The second-order valence-electron chi connectivity index (χ2n) is 7.10. The Balaban J connectivity index is 1.54. The number of hydrogen-bond acceptors (Lipinski definition) is 4. The predicted octanol–water partition coefficient (Wildman–Crippen LogP) is 3.57. The fourth-order valence-electron chi connectivity index (χ4n) is 5.13. The van der Waals surface area contributed by atoms with Crippen LogP contribution in [-0.2, 0) is 10.2 Å². The quantitative estimate of drug-likeness (QED) is 0.861. The van der Waals surface area contributed by atoms with E-state index in [-0.39, 0.29) is 11.3 Å². The Hall–Kier alpha value is -0.680. The van der Waals surface area contributed by atoms with Crippen LogP contribution in [0.5, 0.6) is 0 Å². The minimum atomic E-state index is -0.0711. The van der Waals surface area contributed by atoms with Crippen molar-refractivity contribution in [3.63, 3.8) is 0 Å². The lowest BCUT2D eigenvalue weighted by molar-refractivity contribution is -0.115. The van der Waals surface area contributed by atoms with Crippen molar-refractivity contribution in [2.75, 3.05) is 11.2 Å². The molecule has 1 amide bonds. The number of hydrogen-bond donors (Lipinski definition) is 1. The molecule has 4 nitrogen and oxygen atoms in total. The molecule has 4 fully saturated rings. The highest BCUT2D eigenvalue weighted by Crippen LogP contribution is 2.61. The number of halogens is 1.